The van der Waals surface area contributed by atoms with E-state index in [0.29, 0.717) is 0 Å². The van der Waals surface area contributed by atoms with Gasteiger partial charge in [-0.25, -0.2) is 0 Å². The second-order valence-corrected chi connectivity index (χ2v) is 29.5. The number of benzene rings is 19. The molecule has 0 aliphatic carbocycles. The number of hydrogen-bond acceptors (Lipinski definition) is 2. The first-order chi connectivity index (χ1) is 63.6. The molecule has 0 atom stereocenters. The maximum atomic E-state index is 5.22. The Morgan fingerprint density at radius 1 is 0.203 bits per heavy atom. The van der Waals surface area contributed by atoms with Gasteiger partial charge in [-0.05, 0) is 165 Å². The lowest BCUT2D eigenvalue weighted by Gasteiger charge is -2.10. The van der Waals surface area contributed by atoms with E-state index in [1.54, 1.807) is 6.26 Å². The lowest BCUT2D eigenvalue weighted by atomic mass is 9.94. The Morgan fingerprint density at radius 2 is 0.500 bits per heavy atom. The Hall–Kier alpha value is -17.0. The van der Waals surface area contributed by atoms with Crippen LogP contribution in [0.5, 0.6) is 0 Å². The molecule has 3 heteroatoms. The van der Waals surface area contributed by atoms with E-state index in [1.165, 1.54) is 110 Å². The molecule has 0 radical (unpaired) electrons. The van der Waals surface area contributed by atoms with Gasteiger partial charge in [0.1, 0.15) is 5.76 Å². The Kier molecular flexibility index (Phi) is 33.5. The van der Waals surface area contributed by atoms with Crippen LogP contribution in [0.1, 0.15) is 22.3 Å². The van der Waals surface area contributed by atoms with Gasteiger partial charge in [0.25, 0.3) is 0 Å². The van der Waals surface area contributed by atoms with Crippen molar-refractivity contribution in [3.63, 3.8) is 0 Å². The SMILES string of the molecule is C(#Cc1ccccc1)c1ccccc1.C(=Cc1ccccc1)c1ccccc1.c1ccc(-c2ccc(-c3ccccc3)cc2)cc1.c1ccc(-c2ccc[nH]2)cc1.c1ccc(-c2cccc3ccccc23)cc1.c1ccc(-c2ccccc2)cc1.c1ccc(-c2ccccn2)cc1.c1ccc(-c2ccco2)cc1.c1ccc2c(-c3cccc4ccccc34)cccc2c1. The van der Waals surface area contributed by atoms with Crippen LogP contribution in [-0.4, -0.2) is 9.97 Å². The van der Waals surface area contributed by atoms with Crippen LogP contribution >= 0.6 is 0 Å². The summed E-state index contributed by atoms with van der Waals surface area (Å²) >= 11 is 0. The Labute approximate surface area is 754 Å². The summed E-state index contributed by atoms with van der Waals surface area (Å²) in [4.78, 5) is 7.40. The van der Waals surface area contributed by atoms with E-state index < -0.39 is 0 Å². The number of pyridine rings is 1. The zero-order valence-corrected chi connectivity index (χ0v) is 71.4. The van der Waals surface area contributed by atoms with Gasteiger partial charge in [0, 0.05) is 40.3 Å². The molecule has 19 aromatic carbocycles. The summed E-state index contributed by atoms with van der Waals surface area (Å²) in [5.74, 6) is 7.14. The topological polar surface area (TPSA) is 41.8 Å². The molecule has 0 bridgehead atoms. The second kappa shape index (κ2) is 49.2. The predicted molar refractivity (Wildman–Crippen MR) is 546 cm³/mol. The van der Waals surface area contributed by atoms with Crippen LogP contribution in [0.15, 0.2) is 581 Å². The maximum absolute atomic E-state index is 5.22. The van der Waals surface area contributed by atoms with Crippen molar-refractivity contribution in [2.24, 2.45) is 0 Å². The van der Waals surface area contributed by atoms with Gasteiger partial charge in [0.2, 0.25) is 0 Å². The predicted octanol–water partition coefficient (Wildman–Crippen LogP) is 33.9. The smallest absolute Gasteiger partial charge is 0.133 e. The molecule has 1 N–H and O–H groups in total. The van der Waals surface area contributed by atoms with E-state index in [0.717, 1.165) is 33.7 Å². The monoisotopic (exact) mass is 1640 g/mol. The van der Waals surface area contributed by atoms with Gasteiger partial charge in [-0.2, -0.15) is 0 Å². The molecule has 0 saturated heterocycles. The van der Waals surface area contributed by atoms with E-state index in [9.17, 15) is 0 Å². The lowest BCUT2D eigenvalue weighted by molar-refractivity contribution is 0.582. The zero-order valence-electron chi connectivity index (χ0n) is 71.4. The Bertz CT molecular complexity index is 6470. The average Bonchev–Trinajstić information content (AvgIpc) is 0.852. The average molecular weight is 1640 g/mol. The quantitative estimate of drug-likeness (QED) is 0.110. The van der Waals surface area contributed by atoms with Crippen LogP contribution in [0.3, 0.4) is 0 Å². The highest BCUT2D eigenvalue weighted by Gasteiger charge is 2.09. The van der Waals surface area contributed by atoms with Gasteiger partial charge in [-0.1, -0.05) is 521 Å². The largest absolute Gasteiger partial charge is 0.464 e. The van der Waals surface area contributed by atoms with Crippen molar-refractivity contribution in [1.82, 2.24) is 9.97 Å². The number of furan rings is 1. The molecule has 3 aromatic heterocycles. The van der Waals surface area contributed by atoms with Crippen molar-refractivity contribution >= 4 is 44.5 Å². The number of nitrogens with zero attached hydrogens (tertiary/aromatic N) is 1. The number of aromatic nitrogens is 2. The first kappa shape index (κ1) is 87.3. The molecule has 128 heavy (non-hydrogen) atoms. The summed E-state index contributed by atoms with van der Waals surface area (Å²) in [6.45, 7) is 0. The van der Waals surface area contributed by atoms with E-state index in [4.69, 9.17) is 4.42 Å². The zero-order chi connectivity index (χ0) is 87.1. The molecular formula is C125H98N2O. The molecule has 22 aromatic rings. The van der Waals surface area contributed by atoms with Crippen LogP contribution in [0.2, 0.25) is 0 Å². The van der Waals surface area contributed by atoms with Crippen molar-refractivity contribution < 1.29 is 4.42 Å². The van der Waals surface area contributed by atoms with Crippen LogP contribution in [0.4, 0.5) is 0 Å². The number of fused-ring (bicyclic) bond motifs is 3. The first-order valence-corrected chi connectivity index (χ1v) is 43.0. The van der Waals surface area contributed by atoms with Crippen molar-refractivity contribution in [2.75, 3.05) is 0 Å². The van der Waals surface area contributed by atoms with Gasteiger partial charge < -0.3 is 9.40 Å². The molecule has 0 amide bonds. The third-order valence-electron chi connectivity index (χ3n) is 20.7. The molecule has 0 fully saturated rings. The van der Waals surface area contributed by atoms with Crippen LogP contribution in [-0.2, 0) is 0 Å². The molecule has 0 unspecified atom stereocenters. The van der Waals surface area contributed by atoms with Gasteiger partial charge in [-0.15, -0.1) is 0 Å². The molecule has 3 nitrogen and oxygen atoms in total. The third-order valence-corrected chi connectivity index (χ3v) is 20.7. The van der Waals surface area contributed by atoms with Gasteiger partial charge >= 0.3 is 0 Å². The van der Waals surface area contributed by atoms with Crippen molar-refractivity contribution in [1.29, 1.82) is 0 Å². The maximum Gasteiger partial charge on any atom is 0.133 e. The summed E-state index contributed by atoms with van der Waals surface area (Å²) in [6.07, 6.45) is 9.66. The number of rotatable bonds is 10. The van der Waals surface area contributed by atoms with Crippen LogP contribution < -0.4 is 0 Å². The summed E-state index contributed by atoms with van der Waals surface area (Å²) in [5, 5.41) is 7.81. The van der Waals surface area contributed by atoms with Crippen molar-refractivity contribution in [3.05, 3.63) is 599 Å². The molecular weight excluding hydrogens is 1550 g/mol. The second-order valence-electron chi connectivity index (χ2n) is 29.5. The fourth-order valence-electron chi connectivity index (χ4n) is 14.2. The third kappa shape index (κ3) is 27.2. The number of hydrogen-bond donors (Lipinski definition) is 1. The van der Waals surface area contributed by atoms with E-state index in [1.807, 2.05) is 237 Å². The fourth-order valence-corrected chi connectivity index (χ4v) is 14.2. The minimum absolute atomic E-state index is 0.922. The molecule has 0 aliphatic heterocycles. The summed E-state index contributed by atoms with van der Waals surface area (Å²) in [7, 11) is 0. The highest BCUT2D eigenvalue weighted by atomic mass is 16.3. The van der Waals surface area contributed by atoms with Crippen molar-refractivity contribution in [2.45, 2.75) is 0 Å². The van der Waals surface area contributed by atoms with Crippen LogP contribution in [0, 0.1) is 11.8 Å². The van der Waals surface area contributed by atoms with E-state index >= 15 is 0 Å². The van der Waals surface area contributed by atoms with E-state index in [-0.39, 0.29) is 0 Å². The number of H-pyrrole nitrogens is 1. The minimum atomic E-state index is 0.922. The Morgan fingerprint density at radius 3 is 0.852 bits per heavy atom. The molecule has 0 saturated carbocycles. The van der Waals surface area contributed by atoms with Gasteiger partial charge in [-0.3, -0.25) is 4.98 Å². The van der Waals surface area contributed by atoms with Crippen molar-refractivity contribution in [3.8, 4) is 101 Å². The molecule has 3 heterocycles. The molecule has 22 rings (SSSR count). The first-order valence-electron chi connectivity index (χ1n) is 43.0. The summed E-state index contributed by atoms with van der Waals surface area (Å²) in [5.41, 5.74) is 23.1. The van der Waals surface area contributed by atoms with Gasteiger partial charge in [0.15, 0.2) is 0 Å². The lowest BCUT2D eigenvalue weighted by Crippen LogP contribution is -1.83. The Balaban J connectivity index is 0.000000117. The number of nitrogens with one attached hydrogen (secondary N) is 1. The normalized spacial score (nSPS) is 10.1. The molecule has 0 aliphatic rings. The standard InChI is InChI=1S/C20H14.C18H14.C16H12.C14H12.C14H10.C12H10.C11H9N.C10H9N.C10H8O/c1-3-11-17-15(7-1)9-5-13-19(17)20-14-6-10-16-8-2-4-12-18(16)20;1-3-7-15(8-4-1)17-11-13-18(14-12-17)16-9-5-2-6-10-16;1-2-7-13(8-3-1)16-12-6-10-14-9-4-5-11-15(14)16;2*1-3-7-13(8-4-1)11-12-14-9-5-2-6-10-14;1-3-7-11(8-4-1)12-9-5-2-6-10-12;1-2-6-10(7-3-1)11-8-4-5-9-12-11;2*1-2-5-9(6-3-1)10-7-4-8-11-10/h1-14H;1-14H;1-12H;1-12H;1-10H;1-10H;1-9H;1-8,11H;1-8H. The highest BCUT2D eigenvalue weighted by molar-refractivity contribution is 6.05. The van der Waals surface area contributed by atoms with Gasteiger partial charge in [0.05, 0.1) is 12.0 Å². The van der Waals surface area contributed by atoms with Crippen LogP contribution in [0.25, 0.3) is 134 Å². The fraction of sp³-hybridized carbons (Fsp3) is 0. The minimum Gasteiger partial charge on any atom is -0.464 e. The highest BCUT2D eigenvalue weighted by Crippen LogP contribution is 2.35. The number of aromatic amines is 1. The van der Waals surface area contributed by atoms with E-state index in [2.05, 4.69) is 368 Å². The summed E-state index contributed by atoms with van der Waals surface area (Å²) in [6, 6.07) is 191. The summed E-state index contributed by atoms with van der Waals surface area (Å²) < 4.78 is 5.22. The molecule has 0 spiro atoms. The molecule has 614 valence electrons.